The van der Waals surface area contributed by atoms with Gasteiger partial charge in [0.2, 0.25) is 0 Å². The summed E-state index contributed by atoms with van der Waals surface area (Å²) in [6.07, 6.45) is 5.44. The van der Waals surface area contributed by atoms with Crippen molar-refractivity contribution < 1.29 is 4.74 Å². The Labute approximate surface area is 122 Å². The first-order valence-corrected chi connectivity index (χ1v) is 7.62. The largest absolute Gasteiger partial charge is 0.383 e. The Morgan fingerprint density at radius 3 is 3.05 bits per heavy atom. The maximum Gasteiger partial charge on any atom is 0.0589 e. The Balaban J connectivity index is 1.70. The summed E-state index contributed by atoms with van der Waals surface area (Å²) in [6.45, 7) is 9.57. The summed E-state index contributed by atoms with van der Waals surface area (Å²) >= 11 is 0. The van der Waals surface area contributed by atoms with Crippen LogP contribution in [0.5, 0.6) is 0 Å². The number of nitrogens with zero attached hydrogens (tertiary/aromatic N) is 4. The third-order valence-corrected chi connectivity index (χ3v) is 4.01. The first-order chi connectivity index (χ1) is 9.71. The van der Waals surface area contributed by atoms with Gasteiger partial charge in [-0.3, -0.25) is 4.68 Å². The van der Waals surface area contributed by atoms with Gasteiger partial charge in [-0.1, -0.05) is 0 Å². The lowest BCUT2D eigenvalue weighted by atomic mass is 10.1. The van der Waals surface area contributed by atoms with Crippen LogP contribution in [0.4, 0.5) is 0 Å². The molecule has 1 aromatic rings. The summed E-state index contributed by atoms with van der Waals surface area (Å²) in [5, 5.41) is 4.33. The Kier molecular flexibility index (Phi) is 6.01. The van der Waals surface area contributed by atoms with Gasteiger partial charge in [-0.15, -0.1) is 0 Å². The van der Waals surface area contributed by atoms with E-state index >= 15 is 0 Å². The lowest BCUT2D eigenvalue weighted by molar-refractivity contribution is 0.157. The minimum Gasteiger partial charge on any atom is -0.383 e. The van der Waals surface area contributed by atoms with E-state index in [4.69, 9.17) is 4.74 Å². The highest BCUT2D eigenvalue weighted by Crippen LogP contribution is 2.17. The van der Waals surface area contributed by atoms with E-state index in [-0.39, 0.29) is 0 Å². The van der Waals surface area contributed by atoms with Crippen LogP contribution >= 0.6 is 0 Å². The van der Waals surface area contributed by atoms with Gasteiger partial charge in [-0.25, -0.2) is 0 Å². The fourth-order valence-corrected chi connectivity index (χ4v) is 2.96. The zero-order valence-corrected chi connectivity index (χ0v) is 13.1. The highest BCUT2D eigenvalue weighted by atomic mass is 16.5. The zero-order valence-electron chi connectivity index (χ0n) is 13.1. The van der Waals surface area contributed by atoms with E-state index in [1.807, 2.05) is 10.9 Å². The molecule has 1 aliphatic rings. The van der Waals surface area contributed by atoms with Crippen molar-refractivity contribution >= 4 is 0 Å². The molecule has 1 atom stereocenters. The second kappa shape index (κ2) is 7.76. The SMILES string of the molecule is CCn1cc(CN(C)CC2CCN(CCOC)C2)cn1. The summed E-state index contributed by atoms with van der Waals surface area (Å²) in [4.78, 5) is 4.93. The highest BCUT2D eigenvalue weighted by molar-refractivity contribution is 5.03. The summed E-state index contributed by atoms with van der Waals surface area (Å²) in [6, 6.07) is 0. The van der Waals surface area contributed by atoms with Crippen molar-refractivity contribution in [3.63, 3.8) is 0 Å². The molecule has 0 saturated carbocycles. The minimum atomic E-state index is 0.790. The molecule has 1 fully saturated rings. The molecule has 114 valence electrons. The lowest BCUT2D eigenvalue weighted by Gasteiger charge is -2.21. The van der Waals surface area contributed by atoms with Crippen LogP contribution in [0.15, 0.2) is 12.4 Å². The molecule has 2 rings (SSSR count). The van der Waals surface area contributed by atoms with E-state index in [0.717, 1.165) is 32.2 Å². The predicted octanol–water partition coefficient (Wildman–Crippen LogP) is 1.30. The van der Waals surface area contributed by atoms with E-state index in [2.05, 4.69) is 35.1 Å². The van der Waals surface area contributed by atoms with Crippen molar-refractivity contribution in [2.75, 3.05) is 46.9 Å². The predicted molar refractivity (Wildman–Crippen MR) is 80.7 cm³/mol. The van der Waals surface area contributed by atoms with Gasteiger partial charge in [0, 0.05) is 51.6 Å². The lowest BCUT2D eigenvalue weighted by Crippen LogP contribution is -2.29. The Bertz CT molecular complexity index is 393. The van der Waals surface area contributed by atoms with E-state index in [9.17, 15) is 0 Å². The monoisotopic (exact) mass is 280 g/mol. The van der Waals surface area contributed by atoms with Crippen molar-refractivity contribution in [2.45, 2.75) is 26.4 Å². The summed E-state index contributed by atoms with van der Waals surface area (Å²) < 4.78 is 7.14. The van der Waals surface area contributed by atoms with Gasteiger partial charge in [0.1, 0.15) is 0 Å². The van der Waals surface area contributed by atoms with Crippen molar-refractivity contribution in [2.24, 2.45) is 5.92 Å². The van der Waals surface area contributed by atoms with Crippen LogP contribution in [0, 0.1) is 5.92 Å². The Morgan fingerprint density at radius 2 is 2.35 bits per heavy atom. The highest BCUT2D eigenvalue weighted by Gasteiger charge is 2.23. The smallest absolute Gasteiger partial charge is 0.0589 e. The van der Waals surface area contributed by atoms with Crippen molar-refractivity contribution in [3.8, 4) is 0 Å². The summed E-state index contributed by atoms with van der Waals surface area (Å²) in [5.74, 6) is 0.790. The topological polar surface area (TPSA) is 33.5 Å². The quantitative estimate of drug-likeness (QED) is 0.719. The molecule has 2 heterocycles. The van der Waals surface area contributed by atoms with Crippen LogP contribution in [0.2, 0.25) is 0 Å². The number of rotatable bonds is 8. The maximum atomic E-state index is 5.15. The number of aromatic nitrogens is 2. The van der Waals surface area contributed by atoms with Crippen molar-refractivity contribution in [1.29, 1.82) is 0 Å². The van der Waals surface area contributed by atoms with Crippen molar-refractivity contribution in [1.82, 2.24) is 19.6 Å². The summed E-state index contributed by atoms with van der Waals surface area (Å²) in [7, 11) is 3.99. The van der Waals surface area contributed by atoms with Gasteiger partial charge in [-0.2, -0.15) is 5.10 Å². The number of hydrogen-bond acceptors (Lipinski definition) is 4. The molecule has 20 heavy (non-hydrogen) atoms. The van der Waals surface area contributed by atoms with E-state index in [1.165, 1.54) is 31.6 Å². The molecular weight excluding hydrogens is 252 g/mol. The van der Waals surface area contributed by atoms with Gasteiger partial charge in [-0.05, 0) is 32.9 Å². The molecule has 1 aliphatic heterocycles. The van der Waals surface area contributed by atoms with Gasteiger partial charge in [0.25, 0.3) is 0 Å². The first-order valence-electron chi connectivity index (χ1n) is 7.62. The molecule has 0 amide bonds. The number of ether oxygens (including phenoxy) is 1. The molecule has 0 radical (unpaired) electrons. The molecular formula is C15H28N4O. The van der Waals surface area contributed by atoms with Crippen LogP contribution in [0.3, 0.4) is 0 Å². The molecule has 1 saturated heterocycles. The Morgan fingerprint density at radius 1 is 1.50 bits per heavy atom. The fraction of sp³-hybridized carbons (Fsp3) is 0.800. The number of aryl methyl sites for hydroxylation is 1. The summed E-state index contributed by atoms with van der Waals surface area (Å²) in [5.41, 5.74) is 1.31. The van der Waals surface area contributed by atoms with Gasteiger partial charge in [0.05, 0.1) is 12.8 Å². The average Bonchev–Trinajstić information content (AvgIpc) is 3.05. The van der Waals surface area contributed by atoms with Crippen LogP contribution in [-0.2, 0) is 17.8 Å². The molecule has 0 N–H and O–H groups in total. The van der Waals surface area contributed by atoms with Crippen LogP contribution in [0.1, 0.15) is 18.9 Å². The van der Waals surface area contributed by atoms with Crippen LogP contribution in [-0.4, -0.2) is 66.5 Å². The molecule has 5 nitrogen and oxygen atoms in total. The van der Waals surface area contributed by atoms with E-state index in [0.29, 0.717) is 0 Å². The van der Waals surface area contributed by atoms with Crippen LogP contribution < -0.4 is 0 Å². The number of likely N-dealkylation sites (tertiary alicyclic amines) is 1. The number of methoxy groups -OCH3 is 1. The fourth-order valence-electron chi connectivity index (χ4n) is 2.96. The third kappa shape index (κ3) is 4.58. The zero-order chi connectivity index (χ0) is 14.4. The van der Waals surface area contributed by atoms with Gasteiger partial charge < -0.3 is 14.5 Å². The maximum absolute atomic E-state index is 5.15. The molecule has 1 unspecified atom stereocenters. The molecule has 0 spiro atoms. The number of hydrogen-bond donors (Lipinski definition) is 0. The molecule has 0 bridgehead atoms. The van der Waals surface area contributed by atoms with Crippen LogP contribution in [0.25, 0.3) is 0 Å². The Hall–Kier alpha value is -0.910. The van der Waals surface area contributed by atoms with E-state index < -0.39 is 0 Å². The first kappa shape index (κ1) is 15.5. The molecule has 0 aliphatic carbocycles. The standard InChI is InChI=1S/C15H28N4O/c1-4-19-13-15(9-16-19)11-17(2)10-14-5-6-18(12-14)7-8-20-3/h9,13-14H,4-8,10-12H2,1-3H3. The molecule has 1 aromatic heterocycles. The van der Waals surface area contributed by atoms with Gasteiger partial charge >= 0.3 is 0 Å². The normalized spacial score (nSPS) is 20.1. The third-order valence-electron chi connectivity index (χ3n) is 4.01. The second-order valence-corrected chi connectivity index (χ2v) is 5.85. The average molecular weight is 280 g/mol. The van der Waals surface area contributed by atoms with E-state index in [1.54, 1.807) is 7.11 Å². The second-order valence-electron chi connectivity index (χ2n) is 5.85. The van der Waals surface area contributed by atoms with Gasteiger partial charge in [0.15, 0.2) is 0 Å². The molecule has 0 aromatic carbocycles. The minimum absolute atomic E-state index is 0.790. The van der Waals surface area contributed by atoms with Crippen molar-refractivity contribution in [3.05, 3.63) is 18.0 Å². The molecule has 5 heteroatoms.